The number of fused-ring (bicyclic) bond motifs is 1. The van der Waals surface area contributed by atoms with Gasteiger partial charge in [-0.2, -0.15) is 0 Å². The summed E-state index contributed by atoms with van der Waals surface area (Å²) in [7, 11) is 0. The van der Waals surface area contributed by atoms with E-state index in [1.807, 2.05) is 4.90 Å². The van der Waals surface area contributed by atoms with Crippen LogP contribution in [0, 0.1) is 5.92 Å². The first kappa shape index (κ1) is 16.2. The second kappa shape index (κ2) is 6.54. The predicted molar refractivity (Wildman–Crippen MR) is 98.0 cm³/mol. The van der Waals surface area contributed by atoms with E-state index in [1.54, 1.807) is 23.6 Å². The van der Waals surface area contributed by atoms with Gasteiger partial charge in [-0.3, -0.25) is 4.79 Å². The van der Waals surface area contributed by atoms with E-state index in [9.17, 15) is 4.79 Å². The molecular formula is C17H17Cl2N3OS. The third-order valence-electron chi connectivity index (χ3n) is 4.74. The number of hydrogen-bond donors (Lipinski definition) is 0. The zero-order chi connectivity index (χ0) is 16.7. The van der Waals surface area contributed by atoms with Gasteiger partial charge in [-0.05, 0) is 35.9 Å². The molecule has 4 nitrogen and oxygen atoms in total. The lowest BCUT2D eigenvalue weighted by atomic mass is 10.0. The summed E-state index contributed by atoms with van der Waals surface area (Å²) in [5.41, 5.74) is 1.30. The number of anilines is 1. The van der Waals surface area contributed by atoms with Crippen molar-refractivity contribution in [2.75, 3.05) is 24.5 Å². The molecule has 0 aliphatic carbocycles. The number of aromatic nitrogens is 1. The Kier molecular flexibility index (Phi) is 4.41. The maximum atomic E-state index is 12.9. The molecule has 1 amide bonds. The molecule has 24 heavy (non-hydrogen) atoms. The average molecular weight is 382 g/mol. The molecule has 0 bridgehead atoms. The van der Waals surface area contributed by atoms with Crippen molar-refractivity contribution >= 4 is 46.3 Å². The van der Waals surface area contributed by atoms with Crippen molar-refractivity contribution in [1.29, 1.82) is 0 Å². The van der Waals surface area contributed by atoms with Crippen LogP contribution in [0.3, 0.4) is 0 Å². The molecule has 2 aliphatic heterocycles. The minimum Gasteiger partial charge on any atom is -0.355 e. The fraction of sp³-hybridized carbons (Fsp3) is 0.412. The molecule has 7 heteroatoms. The summed E-state index contributed by atoms with van der Waals surface area (Å²) < 4.78 is 0. The van der Waals surface area contributed by atoms with Gasteiger partial charge in [0.05, 0.1) is 16.0 Å². The molecule has 1 fully saturated rings. The fourth-order valence-corrected chi connectivity index (χ4v) is 4.88. The Balaban J connectivity index is 1.44. The summed E-state index contributed by atoms with van der Waals surface area (Å²) in [6, 6.07) is 3.83. The Hall–Kier alpha value is -1.30. The molecule has 1 unspecified atom stereocenters. The highest BCUT2D eigenvalue weighted by molar-refractivity contribution is 7.10. The number of pyridine rings is 1. The van der Waals surface area contributed by atoms with E-state index in [4.69, 9.17) is 23.2 Å². The predicted octanol–water partition coefficient (Wildman–Crippen LogP) is 3.86. The van der Waals surface area contributed by atoms with Crippen molar-refractivity contribution < 1.29 is 4.79 Å². The van der Waals surface area contributed by atoms with Crippen LogP contribution in [-0.4, -0.2) is 35.4 Å². The summed E-state index contributed by atoms with van der Waals surface area (Å²) in [6.07, 6.45) is 3.41. The van der Waals surface area contributed by atoms with Gasteiger partial charge < -0.3 is 9.80 Å². The van der Waals surface area contributed by atoms with Crippen LogP contribution in [0.4, 0.5) is 5.82 Å². The van der Waals surface area contributed by atoms with Crippen LogP contribution in [0.2, 0.25) is 10.0 Å². The van der Waals surface area contributed by atoms with E-state index in [0.717, 1.165) is 38.3 Å². The lowest BCUT2D eigenvalue weighted by Crippen LogP contribution is -2.40. The van der Waals surface area contributed by atoms with Gasteiger partial charge in [-0.25, -0.2) is 4.98 Å². The molecule has 2 aromatic heterocycles. The highest BCUT2D eigenvalue weighted by Crippen LogP contribution is 2.32. The SMILES string of the molecule is O=C(C1CCN(c2ncc(Cl)cc2Cl)C1)N1CCc2sccc2C1. The van der Waals surface area contributed by atoms with Gasteiger partial charge in [0, 0.05) is 37.3 Å². The summed E-state index contributed by atoms with van der Waals surface area (Å²) in [5, 5.41) is 3.18. The summed E-state index contributed by atoms with van der Waals surface area (Å²) in [6.45, 7) is 3.03. The Labute approximate surface area is 155 Å². The Morgan fingerprint density at radius 2 is 2.21 bits per heavy atom. The molecule has 1 saturated heterocycles. The van der Waals surface area contributed by atoms with Crippen LogP contribution in [0.15, 0.2) is 23.7 Å². The normalized spacial score (nSPS) is 20.3. The van der Waals surface area contributed by atoms with Crippen molar-refractivity contribution in [3.63, 3.8) is 0 Å². The second-order valence-electron chi connectivity index (χ2n) is 6.27. The highest BCUT2D eigenvalue weighted by atomic mass is 35.5. The van der Waals surface area contributed by atoms with Gasteiger partial charge in [-0.15, -0.1) is 11.3 Å². The van der Waals surface area contributed by atoms with E-state index in [1.165, 1.54) is 10.4 Å². The number of rotatable bonds is 2. The van der Waals surface area contributed by atoms with Crippen LogP contribution in [0.1, 0.15) is 16.9 Å². The fourth-order valence-electron chi connectivity index (χ4n) is 3.49. The van der Waals surface area contributed by atoms with Gasteiger partial charge in [0.25, 0.3) is 0 Å². The first-order chi connectivity index (χ1) is 11.6. The van der Waals surface area contributed by atoms with Gasteiger partial charge in [0.1, 0.15) is 5.82 Å². The maximum Gasteiger partial charge on any atom is 0.227 e. The van der Waals surface area contributed by atoms with Crippen LogP contribution < -0.4 is 4.90 Å². The van der Waals surface area contributed by atoms with E-state index in [0.29, 0.717) is 16.6 Å². The van der Waals surface area contributed by atoms with Crippen molar-refractivity contribution in [3.05, 3.63) is 44.2 Å². The minimum atomic E-state index is 0.0127. The van der Waals surface area contributed by atoms with Crippen molar-refractivity contribution in [2.24, 2.45) is 5.92 Å². The molecule has 126 valence electrons. The molecule has 2 aromatic rings. The number of halogens is 2. The number of amides is 1. The van der Waals surface area contributed by atoms with Gasteiger partial charge >= 0.3 is 0 Å². The highest BCUT2D eigenvalue weighted by Gasteiger charge is 2.34. The van der Waals surface area contributed by atoms with Crippen molar-refractivity contribution in [2.45, 2.75) is 19.4 Å². The number of carbonyl (C=O) groups is 1. The number of hydrogen-bond acceptors (Lipinski definition) is 4. The first-order valence-corrected chi connectivity index (χ1v) is 9.65. The Morgan fingerprint density at radius 1 is 1.33 bits per heavy atom. The molecular weight excluding hydrogens is 365 g/mol. The van der Waals surface area contributed by atoms with Crippen LogP contribution >= 0.6 is 34.5 Å². The second-order valence-corrected chi connectivity index (χ2v) is 8.11. The Bertz CT molecular complexity index is 779. The molecule has 0 saturated carbocycles. The third kappa shape index (κ3) is 3.01. The first-order valence-electron chi connectivity index (χ1n) is 8.02. The molecule has 2 aliphatic rings. The summed E-state index contributed by atoms with van der Waals surface area (Å²) >= 11 is 13.9. The van der Waals surface area contributed by atoms with Gasteiger partial charge in [0.15, 0.2) is 0 Å². The quantitative estimate of drug-likeness (QED) is 0.792. The molecule has 1 atom stereocenters. The average Bonchev–Trinajstić information content (AvgIpc) is 3.22. The number of nitrogens with zero attached hydrogens (tertiary/aromatic N) is 3. The Morgan fingerprint density at radius 3 is 3.04 bits per heavy atom. The van der Waals surface area contributed by atoms with E-state index in [-0.39, 0.29) is 11.8 Å². The van der Waals surface area contributed by atoms with Crippen LogP contribution in [0.25, 0.3) is 0 Å². The number of thiophene rings is 1. The van der Waals surface area contributed by atoms with Crippen LogP contribution in [-0.2, 0) is 17.8 Å². The third-order valence-corrected chi connectivity index (χ3v) is 6.25. The van der Waals surface area contributed by atoms with Crippen molar-refractivity contribution in [3.8, 4) is 0 Å². The summed E-state index contributed by atoms with van der Waals surface area (Å²) in [5.74, 6) is 0.980. The monoisotopic (exact) mass is 381 g/mol. The van der Waals surface area contributed by atoms with E-state index >= 15 is 0 Å². The molecule has 0 spiro atoms. The standard InChI is InChI=1S/C17H17Cl2N3OS/c18-13-7-14(19)16(20-8-13)21-4-1-12(10-21)17(23)22-5-2-15-11(9-22)3-6-24-15/h3,6-8,12H,1-2,4-5,9-10H2. The minimum absolute atomic E-state index is 0.0127. The van der Waals surface area contributed by atoms with E-state index < -0.39 is 0 Å². The van der Waals surface area contributed by atoms with E-state index in [2.05, 4.69) is 21.3 Å². The van der Waals surface area contributed by atoms with Crippen molar-refractivity contribution in [1.82, 2.24) is 9.88 Å². The topological polar surface area (TPSA) is 36.4 Å². The van der Waals surface area contributed by atoms with Gasteiger partial charge in [-0.1, -0.05) is 23.2 Å². The molecule has 4 heterocycles. The van der Waals surface area contributed by atoms with Gasteiger partial charge in [0.2, 0.25) is 5.91 Å². The molecule has 4 rings (SSSR count). The smallest absolute Gasteiger partial charge is 0.227 e. The molecule has 0 aromatic carbocycles. The zero-order valence-corrected chi connectivity index (χ0v) is 15.4. The maximum absolute atomic E-state index is 12.9. The number of carbonyl (C=O) groups excluding carboxylic acids is 1. The lowest BCUT2D eigenvalue weighted by Gasteiger charge is -2.29. The molecule has 0 radical (unpaired) electrons. The lowest BCUT2D eigenvalue weighted by molar-refractivity contribution is -0.135. The summed E-state index contributed by atoms with van der Waals surface area (Å²) in [4.78, 5) is 22.7. The van der Waals surface area contributed by atoms with Crippen LogP contribution in [0.5, 0.6) is 0 Å². The largest absolute Gasteiger partial charge is 0.355 e. The zero-order valence-electron chi connectivity index (χ0n) is 13.0. The molecule has 0 N–H and O–H groups in total.